The van der Waals surface area contributed by atoms with Crippen LogP contribution in [0.5, 0.6) is 5.75 Å². The molecule has 0 fully saturated rings. The van der Waals surface area contributed by atoms with Gasteiger partial charge in [0, 0.05) is 12.1 Å². The number of para-hydroxylation sites is 1. The van der Waals surface area contributed by atoms with Crippen LogP contribution in [-0.4, -0.2) is 30.6 Å². The van der Waals surface area contributed by atoms with E-state index in [-0.39, 0.29) is 5.75 Å². The summed E-state index contributed by atoms with van der Waals surface area (Å²) in [5.74, 6) is 0.0289. The van der Waals surface area contributed by atoms with E-state index in [1.807, 2.05) is 19.0 Å². The van der Waals surface area contributed by atoms with Crippen molar-refractivity contribution in [1.29, 1.82) is 0 Å². The number of hydrogen-bond donors (Lipinski definition) is 1. The fourth-order valence-electron chi connectivity index (χ4n) is 1.48. The molecule has 0 aliphatic carbocycles. The first kappa shape index (κ1) is 12.0. The number of rotatable bonds is 4. The van der Waals surface area contributed by atoms with Crippen molar-refractivity contribution >= 4 is 0 Å². The lowest BCUT2D eigenvalue weighted by atomic mass is 9.93. The molecule has 0 radical (unpaired) electrons. The molecule has 0 amide bonds. The highest BCUT2D eigenvalue weighted by atomic mass is 19.1. The smallest absolute Gasteiger partial charge is 0.138 e. The SMILES string of the molecule is CN(C)CCC(C)(F)c1ccccc1O. The molecule has 1 unspecified atom stereocenters. The zero-order valence-corrected chi connectivity index (χ0v) is 9.50. The molecule has 3 heteroatoms. The third-order valence-corrected chi connectivity index (χ3v) is 2.49. The van der Waals surface area contributed by atoms with E-state index in [0.717, 1.165) is 0 Å². The van der Waals surface area contributed by atoms with Gasteiger partial charge >= 0.3 is 0 Å². The largest absolute Gasteiger partial charge is 0.508 e. The second-order valence-electron chi connectivity index (χ2n) is 4.27. The molecule has 1 atom stereocenters. The Morgan fingerprint density at radius 2 is 1.93 bits per heavy atom. The first-order chi connectivity index (χ1) is 6.93. The normalized spacial score (nSPS) is 15.3. The summed E-state index contributed by atoms with van der Waals surface area (Å²) in [4.78, 5) is 1.93. The van der Waals surface area contributed by atoms with Crippen LogP contribution in [-0.2, 0) is 5.67 Å². The third kappa shape index (κ3) is 3.20. The Kier molecular flexibility index (Phi) is 3.69. The van der Waals surface area contributed by atoms with Gasteiger partial charge in [-0.1, -0.05) is 18.2 Å². The first-order valence-corrected chi connectivity index (χ1v) is 5.05. The highest BCUT2D eigenvalue weighted by molar-refractivity contribution is 5.36. The molecule has 0 bridgehead atoms. The van der Waals surface area contributed by atoms with Crippen LogP contribution in [0, 0.1) is 0 Å². The Bertz CT molecular complexity index is 323. The molecule has 0 spiro atoms. The number of halogens is 1. The highest BCUT2D eigenvalue weighted by Gasteiger charge is 2.28. The molecule has 0 heterocycles. The number of hydrogen-bond acceptors (Lipinski definition) is 2. The van der Waals surface area contributed by atoms with Crippen LogP contribution in [0.25, 0.3) is 0 Å². The Labute approximate surface area is 90.3 Å². The van der Waals surface area contributed by atoms with Crippen molar-refractivity contribution in [3.05, 3.63) is 29.8 Å². The first-order valence-electron chi connectivity index (χ1n) is 5.05. The molecule has 1 aromatic rings. The molecule has 15 heavy (non-hydrogen) atoms. The fraction of sp³-hybridized carbons (Fsp3) is 0.500. The number of nitrogens with zero attached hydrogens (tertiary/aromatic N) is 1. The van der Waals surface area contributed by atoms with E-state index >= 15 is 0 Å². The predicted molar refractivity (Wildman–Crippen MR) is 59.7 cm³/mol. The van der Waals surface area contributed by atoms with Crippen molar-refractivity contribution < 1.29 is 9.50 Å². The summed E-state index contributed by atoms with van der Waals surface area (Å²) < 4.78 is 14.3. The van der Waals surface area contributed by atoms with Crippen molar-refractivity contribution in [2.45, 2.75) is 19.0 Å². The summed E-state index contributed by atoms with van der Waals surface area (Å²) in [5.41, 5.74) is -1.11. The van der Waals surface area contributed by atoms with Crippen molar-refractivity contribution in [1.82, 2.24) is 4.90 Å². The molecule has 1 N–H and O–H groups in total. The molecule has 2 nitrogen and oxygen atoms in total. The van der Waals surface area contributed by atoms with E-state index < -0.39 is 5.67 Å². The standard InChI is InChI=1S/C12H18FNO/c1-12(13,8-9-14(2)3)10-6-4-5-7-11(10)15/h4-7,15H,8-9H2,1-3H3. The summed E-state index contributed by atoms with van der Waals surface area (Å²) in [6.07, 6.45) is 0.373. The van der Waals surface area contributed by atoms with Gasteiger partial charge in [0.15, 0.2) is 0 Å². The van der Waals surface area contributed by atoms with E-state index in [1.165, 1.54) is 13.0 Å². The van der Waals surface area contributed by atoms with Gasteiger partial charge in [0.05, 0.1) is 0 Å². The summed E-state index contributed by atoms with van der Waals surface area (Å²) >= 11 is 0. The second kappa shape index (κ2) is 4.62. The van der Waals surface area contributed by atoms with Crippen molar-refractivity contribution in [2.24, 2.45) is 0 Å². The zero-order valence-electron chi connectivity index (χ0n) is 9.50. The average Bonchev–Trinajstić information content (AvgIpc) is 2.15. The van der Waals surface area contributed by atoms with Crippen LogP contribution in [0.2, 0.25) is 0 Å². The van der Waals surface area contributed by atoms with E-state index in [1.54, 1.807) is 18.2 Å². The molecule has 0 aliphatic rings. The minimum Gasteiger partial charge on any atom is -0.508 e. The summed E-state index contributed by atoms with van der Waals surface area (Å²) in [6, 6.07) is 6.58. The van der Waals surface area contributed by atoms with Gasteiger partial charge in [-0.25, -0.2) is 4.39 Å². The lowest BCUT2D eigenvalue weighted by Gasteiger charge is -2.23. The van der Waals surface area contributed by atoms with Crippen LogP contribution in [0.4, 0.5) is 4.39 Å². The minimum atomic E-state index is -1.48. The van der Waals surface area contributed by atoms with Crippen molar-refractivity contribution in [2.75, 3.05) is 20.6 Å². The Morgan fingerprint density at radius 3 is 2.47 bits per heavy atom. The molecular formula is C12H18FNO. The van der Waals surface area contributed by atoms with Gasteiger partial charge in [-0.15, -0.1) is 0 Å². The summed E-state index contributed by atoms with van der Waals surface area (Å²) in [5, 5.41) is 9.56. The molecule has 1 rings (SSSR count). The molecule has 0 saturated carbocycles. The maximum Gasteiger partial charge on any atom is 0.138 e. The zero-order chi connectivity index (χ0) is 11.5. The lowest BCUT2D eigenvalue weighted by Crippen LogP contribution is -2.23. The van der Waals surface area contributed by atoms with Gasteiger partial charge in [-0.2, -0.15) is 0 Å². The van der Waals surface area contributed by atoms with E-state index in [9.17, 15) is 9.50 Å². The third-order valence-electron chi connectivity index (χ3n) is 2.49. The van der Waals surface area contributed by atoms with Gasteiger partial charge in [-0.05, 0) is 33.5 Å². The topological polar surface area (TPSA) is 23.5 Å². The van der Waals surface area contributed by atoms with Gasteiger partial charge < -0.3 is 10.0 Å². The van der Waals surface area contributed by atoms with Crippen LogP contribution in [0.1, 0.15) is 18.9 Å². The molecule has 84 valence electrons. The Morgan fingerprint density at radius 1 is 1.33 bits per heavy atom. The number of alkyl halides is 1. The molecule has 0 aromatic heterocycles. The number of benzene rings is 1. The maximum absolute atomic E-state index is 14.3. The van der Waals surface area contributed by atoms with Gasteiger partial charge in [0.1, 0.15) is 11.4 Å². The summed E-state index contributed by atoms with van der Waals surface area (Å²) in [6.45, 7) is 2.16. The maximum atomic E-state index is 14.3. The van der Waals surface area contributed by atoms with Gasteiger partial charge in [-0.3, -0.25) is 0 Å². The van der Waals surface area contributed by atoms with Gasteiger partial charge in [0.25, 0.3) is 0 Å². The molecule has 0 saturated heterocycles. The molecular weight excluding hydrogens is 193 g/mol. The number of phenols is 1. The fourth-order valence-corrected chi connectivity index (χ4v) is 1.48. The van der Waals surface area contributed by atoms with Crippen molar-refractivity contribution in [3.8, 4) is 5.75 Å². The monoisotopic (exact) mass is 211 g/mol. The quantitative estimate of drug-likeness (QED) is 0.827. The summed E-state index contributed by atoms with van der Waals surface area (Å²) in [7, 11) is 3.81. The average molecular weight is 211 g/mol. The van der Waals surface area contributed by atoms with Crippen LogP contribution >= 0.6 is 0 Å². The Balaban J connectivity index is 2.81. The molecule has 0 aliphatic heterocycles. The Hall–Kier alpha value is -1.09. The highest BCUT2D eigenvalue weighted by Crippen LogP contribution is 2.34. The predicted octanol–water partition coefficient (Wildman–Crippen LogP) is 2.53. The lowest BCUT2D eigenvalue weighted by molar-refractivity contribution is 0.154. The van der Waals surface area contributed by atoms with Crippen LogP contribution < -0.4 is 0 Å². The van der Waals surface area contributed by atoms with E-state index in [4.69, 9.17) is 0 Å². The number of phenolic OH excluding ortho intramolecular Hbond substituents is 1. The van der Waals surface area contributed by atoms with Crippen LogP contribution in [0.15, 0.2) is 24.3 Å². The number of aromatic hydroxyl groups is 1. The van der Waals surface area contributed by atoms with Crippen molar-refractivity contribution in [3.63, 3.8) is 0 Å². The van der Waals surface area contributed by atoms with E-state index in [2.05, 4.69) is 0 Å². The van der Waals surface area contributed by atoms with Crippen LogP contribution in [0.3, 0.4) is 0 Å². The van der Waals surface area contributed by atoms with Gasteiger partial charge in [0.2, 0.25) is 0 Å². The second-order valence-corrected chi connectivity index (χ2v) is 4.27. The van der Waals surface area contributed by atoms with E-state index in [0.29, 0.717) is 18.5 Å². The molecule has 1 aromatic carbocycles. The minimum absolute atomic E-state index is 0.0289.